The first-order valence-corrected chi connectivity index (χ1v) is 8.79. The van der Waals surface area contributed by atoms with E-state index in [1.165, 1.54) is 11.3 Å². The lowest BCUT2D eigenvalue weighted by atomic mass is 10.2. The second-order valence-electron chi connectivity index (χ2n) is 5.65. The van der Waals surface area contributed by atoms with E-state index in [-0.39, 0.29) is 5.97 Å². The third-order valence-electron chi connectivity index (χ3n) is 4.03. The fraction of sp³-hybridized carbons (Fsp3) is 0.222. The third-order valence-corrected chi connectivity index (χ3v) is 5.19. The van der Waals surface area contributed by atoms with Crippen molar-refractivity contribution >= 4 is 38.6 Å². The molecule has 7 heteroatoms. The van der Waals surface area contributed by atoms with Gasteiger partial charge in [0.25, 0.3) is 0 Å². The number of nitrogens with zero attached hydrogens (tertiary/aromatic N) is 4. The average molecular weight is 352 g/mol. The molecule has 3 aromatic heterocycles. The Labute approximate surface area is 148 Å². The van der Waals surface area contributed by atoms with E-state index in [1.807, 2.05) is 42.7 Å². The zero-order valence-electron chi connectivity index (χ0n) is 14.1. The highest BCUT2D eigenvalue weighted by Gasteiger charge is 2.22. The molecule has 126 valence electrons. The van der Waals surface area contributed by atoms with Gasteiger partial charge in [-0.15, -0.1) is 11.3 Å². The number of hydrogen-bond acceptors (Lipinski definition) is 6. The van der Waals surface area contributed by atoms with Crippen LogP contribution < -0.4 is 0 Å². The van der Waals surface area contributed by atoms with Gasteiger partial charge in [-0.1, -0.05) is 12.1 Å². The van der Waals surface area contributed by atoms with Gasteiger partial charge >= 0.3 is 5.97 Å². The molecule has 0 bridgehead atoms. The van der Waals surface area contributed by atoms with Crippen LogP contribution in [0.5, 0.6) is 0 Å². The number of rotatable bonds is 3. The molecule has 1 aromatic carbocycles. The summed E-state index contributed by atoms with van der Waals surface area (Å²) in [5, 5.41) is 0.863. The Morgan fingerprint density at radius 3 is 2.84 bits per heavy atom. The molecule has 0 N–H and O–H groups in total. The molecule has 0 saturated carbocycles. The maximum atomic E-state index is 12.3. The number of ether oxygens (including phenoxy) is 1. The lowest BCUT2D eigenvalue weighted by Gasteiger charge is -2.07. The highest BCUT2D eigenvalue weighted by Crippen LogP contribution is 2.34. The number of aromatic nitrogens is 4. The van der Waals surface area contributed by atoms with E-state index >= 15 is 0 Å². The van der Waals surface area contributed by atoms with Crippen LogP contribution in [0.4, 0.5) is 0 Å². The Morgan fingerprint density at radius 1 is 1.24 bits per heavy atom. The normalized spacial score (nSPS) is 11.3. The molecule has 0 aliphatic heterocycles. The number of carbonyl (C=O) groups excluding carboxylic acids is 1. The van der Waals surface area contributed by atoms with Crippen LogP contribution in [0, 0.1) is 13.8 Å². The Kier molecular flexibility index (Phi) is 3.73. The first-order chi connectivity index (χ1) is 12.1. The molecule has 6 nitrogen and oxygen atoms in total. The number of imidazole rings is 1. The summed E-state index contributed by atoms with van der Waals surface area (Å²) in [5.41, 5.74) is 2.70. The predicted octanol–water partition coefficient (Wildman–Crippen LogP) is 3.82. The lowest BCUT2D eigenvalue weighted by Crippen LogP contribution is -2.04. The van der Waals surface area contributed by atoms with Gasteiger partial charge in [-0.2, -0.15) is 0 Å². The first-order valence-electron chi connectivity index (χ1n) is 7.97. The van der Waals surface area contributed by atoms with E-state index in [4.69, 9.17) is 4.74 Å². The number of benzene rings is 1. The van der Waals surface area contributed by atoms with Gasteiger partial charge < -0.3 is 4.74 Å². The van der Waals surface area contributed by atoms with Gasteiger partial charge in [0, 0.05) is 0 Å². The van der Waals surface area contributed by atoms with Gasteiger partial charge in [0.2, 0.25) is 0 Å². The minimum atomic E-state index is -0.318. The lowest BCUT2D eigenvalue weighted by molar-refractivity contribution is 0.0531. The van der Waals surface area contributed by atoms with Crippen molar-refractivity contribution in [2.24, 2.45) is 0 Å². The van der Waals surface area contributed by atoms with Crippen molar-refractivity contribution in [3.63, 3.8) is 0 Å². The summed E-state index contributed by atoms with van der Waals surface area (Å²) >= 11 is 1.34. The smallest absolute Gasteiger partial charge is 0.348 e. The van der Waals surface area contributed by atoms with Crippen LogP contribution in [0.3, 0.4) is 0 Å². The fourth-order valence-electron chi connectivity index (χ4n) is 2.92. The minimum Gasteiger partial charge on any atom is -0.462 e. The Morgan fingerprint density at radius 2 is 2.04 bits per heavy atom. The molecule has 0 aliphatic carbocycles. The van der Waals surface area contributed by atoms with Crippen LogP contribution >= 0.6 is 11.3 Å². The van der Waals surface area contributed by atoms with Crippen molar-refractivity contribution in [2.45, 2.75) is 20.8 Å². The average Bonchev–Trinajstić information content (AvgIpc) is 3.16. The van der Waals surface area contributed by atoms with Gasteiger partial charge in [-0.25, -0.2) is 19.7 Å². The maximum absolute atomic E-state index is 12.3. The largest absolute Gasteiger partial charge is 0.462 e. The zero-order valence-corrected chi connectivity index (χ0v) is 14.9. The quantitative estimate of drug-likeness (QED) is 0.524. The number of aryl methyl sites for hydroxylation is 2. The van der Waals surface area contributed by atoms with E-state index in [1.54, 1.807) is 13.3 Å². The number of esters is 1. The Bertz CT molecular complexity index is 1110. The third kappa shape index (κ3) is 2.47. The van der Waals surface area contributed by atoms with Crippen LogP contribution in [0.25, 0.3) is 27.1 Å². The molecular weight excluding hydrogens is 336 g/mol. The molecule has 3 heterocycles. The summed E-state index contributed by atoms with van der Waals surface area (Å²) in [7, 11) is 0. The van der Waals surface area contributed by atoms with E-state index in [0.29, 0.717) is 17.3 Å². The highest BCUT2D eigenvalue weighted by atomic mass is 32.1. The SMILES string of the molecule is CCOC(=O)c1sc2nc(C)nc(-n3cnc4ccccc43)c2c1C. The number of hydrogen-bond donors (Lipinski definition) is 0. The van der Waals surface area contributed by atoms with Gasteiger partial charge in [0.15, 0.2) is 5.82 Å². The maximum Gasteiger partial charge on any atom is 0.348 e. The fourth-order valence-corrected chi connectivity index (χ4v) is 4.03. The van der Waals surface area contributed by atoms with E-state index in [2.05, 4.69) is 15.0 Å². The van der Waals surface area contributed by atoms with E-state index < -0.39 is 0 Å². The number of thiophene rings is 1. The second-order valence-corrected chi connectivity index (χ2v) is 6.65. The van der Waals surface area contributed by atoms with Crippen molar-refractivity contribution in [3.05, 3.63) is 46.9 Å². The Hall–Kier alpha value is -2.80. The minimum absolute atomic E-state index is 0.318. The molecule has 0 radical (unpaired) electrons. The molecule has 4 aromatic rings. The number of fused-ring (bicyclic) bond motifs is 2. The van der Waals surface area contributed by atoms with Crippen LogP contribution in [0.2, 0.25) is 0 Å². The molecular formula is C18H16N4O2S. The van der Waals surface area contributed by atoms with Gasteiger partial charge in [0.1, 0.15) is 21.9 Å². The summed E-state index contributed by atoms with van der Waals surface area (Å²) in [6, 6.07) is 7.88. The van der Waals surface area contributed by atoms with Gasteiger partial charge in [-0.05, 0) is 38.5 Å². The standard InChI is InChI=1S/C18H16N4O2S/c1-4-24-18(23)15-10(2)14-16(20-11(3)21-17(14)25-15)22-9-19-12-7-5-6-8-13(12)22/h5-9H,4H2,1-3H3. The highest BCUT2D eigenvalue weighted by molar-refractivity contribution is 7.20. The predicted molar refractivity (Wildman–Crippen MR) is 97.5 cm³/mol. The molecule has 0 unspecified atom stereocenters. The molecule has 0 saturated heterocycles. The molecule has 0 amide bonds. The second kappa shape index (κ2) is 5.93. The van der Waals surface area contributed by atoms with Crippen molar-refractivity contribution < 1.29 is 9.53 Å². The molecule has 25 heavy (non-hydrogen) atoms. The van der Waals surface area contributed by atoms with Crippen LogP contribution in [-0.2, 0) is 4.74 Å². The van der Waals surface area contributed by atoms with Crippen molar-refractivity contribution in [1.82, 2.24) is 19.5 Å². The topological polar surface area (TPSA) is 69.9 Å². The monoisotopic (exact) mass is 352 g/mol. The molecule has 0 fully saturated rings. The van der Waals surface area contributed by atoms with E-state index in [9.17, 15) is 4.79 Å². The van der Waals surface area contributed by atoms with E-state index in [0.717, 1.165) is 32.6 Å². The van der Waals surface area contributed by atoms with Crippen molar-refractivity contribution in [3.8, 4) is 5.82 Å². The number of para-hydroxylation sites is 2. The summed E-state index contributed by atoms with van der Waals surface area (Å²) < 4.78 is 7.12. The number of carbonyl (C=O) groups is 1. The van der Waals surface area contributed by atoms with Crippen molar-refractivity contribution in [1.29, 1.82) is 0 Å². The zero-order chi connectivity index (χ0) is 17.6. The van der Waals surface area contributed by atoms with Gasteiger partial charge in [-0.3, -0.25) is 4.57 Å². The summed E-state index contributed by atoms with van der Waals surface area (Å²) in [5.74, 6) is 1.07. The summed E-state index contributed by atoms with van der Waals surface area (Å²) in [4.78, 5) is 27.2. The molecule has 0 spiro atoms. The molecule has 0 aliphatic rings. The van der Waals surface area contributed by atoms with Gasteiger partial charge in [0.05, 0.1) is 23.0 Å². The van der Waals surface area contributed by atoms with Crippen LogP contribution in [0.1, 0.15) is 28.0 Å². The first kappa shape index (κ1) is 15.7. The molecule has 0 atom stereocenters. The Balaban J connectivity index is 2.02. The molecule has 4 rings (SSSR count). The van der Waals surface area contributed by atoms with Crippen molar-refractivity contribution in [2.75, 3.05) is 6.61 Å². The van der Waals surface area contributed by atoms with Crippen LogP contribution in [-0.4, -0.2) is 32.1 Å². The summed E-state index contributed by atoms with van der Waals surface area (Å²) in [6.07, 6.45) is 1.76. The van der Waals surface area contributed by atoms with Crippen LogP contribution in [0.15, 0.2) is 30.6 Å². The summed E-state index contributed by atoms with van der Waals surface area (Å²) in [6.45, 7) is 5.90.